The molecule has 2 aromatic heterocycles. The van der Waals surface area contributed by atoms with Gasteiger partial charge in [0.25, 0.3) is 11.5 Å². The number of carbonyl (C=O) groups excluding carboxylic acids is 1. The molecule has 35 heavy (non-hydrogen) atoms. The SMILES string of the molecule is CCc1cc(CC)c(CNC(=O)c2cc(-c3ccc(N4CCN(C)CC4)nc3)ccc2C)c(=O)[nH]1. The van der Waals surface area contributed by atoms with Crippen LogP contribution in [0.4, 0.5) is 5.82 Å². The summed E-state index contributed by atoms with van der Waals surface area (Å²) in [5.74, 6) is 0.797. The Balaban J connectivity index is 1.50. The molecule has 0 atom stereocenters. The molecule has 0 radical (unpaired) electrons. The Morgan fingerprint density at radius 2 is 1.77 bits per heavy atom. The average Bonchev–Trinajstić information content (AvgIpc) is 2.88. The Hall–Kier alpha value is -3.45. The molecule has 0 unspecified atom stereocenters. The van der Waals surface area contributed by atoms with Crippen molar-refractivity contribution in [3.8, 4) is 11.1 Å². The highest BCUT2D eigenvalue weighted by atomic mass is 16.1. The molecular formula is C28H35N5O2. The summed E-state index contributed by atoms with van der Waals surface area (Å²) in [6.45, 7) is 10.2. The van der Waals surface area contributed by atoms with Gasteiger partial charge in [-0.05, 0) is 67.8 Å². The second kappa shape index (κ2) is 10.9. The zero-order valence-corrected chi connectivity index (χ0v) is 21.1. The standard InChI is InChI=1S/C28H35N5O2/c1-5-20-15-23(6-2)31-28(35)25(20)18-30-27(34)24-16-21(8-7-19(24)3)22-9-10-26(29-17-22)33-13-11-32(4)12-14-33/h7-10,15-17H,5-6,11-14,18H2,1-4H3,(H,30,34)(H,31,35). The highest BCUT2D eigenvalue weighted by Crippen LogP contribution is 2.24. The first-order valence-electron chi connectivity index (χ1n) is 12.4. The quantitative estimate of drug-likeness (QED) is 0.549. The molecule has 7 nitrogen and oxygen atoms in total. The topological polar surface area (TPSA) is 81.3 Å². The van der Waals surface area contributed by atoms with Gasteiger partial charge in [0.15, 0.2) is 0 Å². The number of rotatable bonds is 7. The van der Waals surface area contributed by atoms with Crippen molar-refractivity contribution < 1.29 is 4.79 Å². The predicted molar refractivity (Wildman–Crippen MR) is 141 cm³/mol. The summed E-state index contributed by atoms with van der Waals surface area (Å²) in [7, 11) is 2.14. The van der Waals surface area contributed by atoms with Gasteiger partial charge < -0.3 is 20.1 Å². The second-order valence-corrected chi connectivity index (χ2v) is 9.24. The number of aromatic amines is 1. The van der Waals surface area contributed by atoms with Gasteiger partial charge in [-0.2, -0.15) is 0 Å². The number of nitrogens with one attached hydrogen (secondary N) is 2. The molecule has 1 amide bonds. The summed E-state index contributed by atoms with van der Waals surface area (Å²) in [6, 6.07) is 12.0. The Morgan fingerprint density at radius 3 is 2.43 bits per heavy atom. The number of piperazine rings is 1. The highest BCUT2D eigenvalue weighted by molar-refractivity contribution is 5.96. The van der Waals surface area contributed by atoms with E-state index in [1.807, 2.05) is 51.2 Å². The smallest absolute Gasteiger partial charge is 0.253 e. The summed E-state index contributed by atoms with van der Waals surface area (Å²) in [5, 5.41) is 2.96. The summed E-state index contributed by atoms with van der Waals surface area (Å²) in [4.78, 5) is 37.9. The van der Waals surface area contributed by atoms with Crippen molar-refractivity contribution in [2.75, 3.05) is 38.1 Å². The number of hydrogen-bond donors (Lipinski definition) is 2. The highest BCUT2D eigenvalue weighted by Gasteiger charge is 2.16. The number of aryl methyl sites for hydroxylation is 3. The van der Waals surface area contributed by atoms with Crippen LogP contribution in [0.3, 0.4) is 0 Å². The first-order chi connectivity index (χ1) is 16.9. The van der Waals surface area contributed by atoms with Gasteiger partial charge in [-0.3, -0.25) is 9.59 Å². The molecule has 1 aliphatic rings. The molecule has 7 heteroatoms. The number of pyridine rings is 2. The van der Waals surface area contributed by atoms with E-state index in [0.29, 0.717) is 11.1 Å². The lowest BCUT2D eigenvalue weighted by Gasteiger charge is -2.33. The summed E-state index contributed by atoms with van der Waals surface area (Å²) >= 11 is 0. The molecule has 1 fully saturated rings. The minimum atomic E-state index is -0.188. The normalized spacial score (nSPS) is 14.2. The zero-order chi connectivity index (χ0) is 24.9. The summed E-state index contributed by atoms with van der Waals surface area (Å²) in [6.07, 6.45) is 3.39. The van der Waals surface area contributed by atoms with Gasteiger partial charge in [-0.15, -0.1) is 0 Å². The van der Waals surface area contributed by atoms with Crippen LogP contribution in [0.15, 0.2) is 47.4 Å². The lowest BCUT2D eigenvalue weighted by Crippen LogP contribution is -2.44. The van der Waals surface area contributed by atoms with E-state index in [1.165, 1.54) is 0 Å². The summed E-state index contributed by atoms with van der Waals surface area (Å²) < 4.78 is 0. The third kappa shape index (κ3) is 5.62. The van der Waals surface area contributed by atoms with Crippen LogP contribution in [-0.2, 0) is 19.4 Å². The monoisotopic (exact) mass is 473 g/mol. The minimum Gasteiger partial charge on any atom is -0.354 e. The van der Waals surface area contributed by atoms with Gasteiger partial charge in [-0.25, -0.2) is 4.98 Å². The minimum absolute atomic E-state index is 0.126. The predicted octanol–water partition coefficient (Wildman–Crippen LogP) is 3.55. The molecule has 0 bridgehead atoms. The number of aromatic nitrogens is 2. The fraction of sp³-hybridized carbons (Fsp3) is 0.393. The van der Waals surface area contributed by atoms with E-state index in [9.17, 15) is 9.59 Å². The van der Waals surface area contributed by atoms with E-state index in [-0.39, 0.29) is 18.0 Å². The maximum absolute atomic E-state index is 13.1. The van der Waals surface area contributed by atoms with Gasteiger partial charge in [0.05, 0.1) is 0 Å². The van der Waals surface area contributed by atoms with E-state index in [1.54, 1.807) is 0 Å². The van der Waals surface area contributed by atoms with Gasteiger partial charge in [0.1, 0.15) is 5.82 Å². The molecule has 0 aliphatic carbocycles. The Labute approximate surface area is 207 Å². The fourth-order valence-electron chi connectivity index (χ4n) is 4.49. The maximum atomic E-state index is 13.1. The van der Waals surface area contributed by atoms with Gasteiger partial charge in [-0.1, -0.05) is 26.0 Å². The second-order valence-electron chi connectivity index (χ2n) is 9.24. The van der Waals surface area contributed by atoms with E-state index in [4.69, 9.17) is 0 Å². The van der Waals surface area contributed by atoms with Crippen LogP contribution in [0.25, 0.3) is 11.1 Å². The molecular weight excluding hydrogens is 438 g/mol. The molecule has 3 aromatic rings. The van der Waals surface area contributed by atoms with Crippen molar-refractivity contribution in [1.29, 1.82) is 0 Å². The van der Waals surface area contributed by atoms with Crippen molar-refractivity contribution in [3.63, 3.8) is 0 Å². The fourth-order valence-corrected chi connectivity index (χ4v) is 4.49. The molecule has 1 aliphatic heterocycles. The van der Waals surface area contributed by atoms with Crippen molar-refractivity contribution in [2.24, 2.45) is 0 Å². The van der Waals surface area contributed by atoms with E-state index < -0.39 is 0 Å². The van der Waals surface area contributed by atoms with Crippen molar-refractivity contribution in [2.45, 2.75) is 40.2 Å². The lowest BCUT2D eigenvalue weighted by atomic mass is 10.00. The van der Waals surface area contributed by atoms with E-state index in [2.05, 4.69) is 44.3 Å². The molecule has 1 aromatic carbocycles. The van der Waals surface area contributed by atoms with Gasteiger partial charge >= 0.3 is 0 Å². The van der Waals surface area contributed by atoms with Crippen LogP contribution < -0.4 is 15.8 Å². The number of nitrogens with zero attached hydrogens (tertiary/aromatic N) is 3. The largest absolute Gasteiger partial charge is 0.354 e. The molecule has 4 rings (SSSR count). The molecule has 2 N–H and O–H groups in total. The number of benzene rings is 1. The van der Waals surface area contributed by atoms with Crippen molar-refractivity contribution in [3.05, 3.63) is 80.9 Å². The number of amides is 1. The first kappa shape index (κ1) is 24.7. The Bertz CT molecular complexity index is 1240. The van der Waals surface area contributed by atoms with Crippen molar-refractivity contribution >= 4 is 11.7 Å². The van der Waals surface area contributed by atoms with E-state index in [0.717, 1.165) is 72.8 Å². The number of likely N-dealkylation sites (N-methyl/N-ethyl adjacent to an activating group) is 1. The molecule has 0 saturated carbocycles. The maximum Gasteiger partial charge on any atom is 0.253 e. The van der Waals surface area contributed by atoms with Crippen molar-refractivity contribution in [1.82, 2.24) is 20.2 Å². The van der Waals surface area contributed by atoms with Gasteiger partial charge in [0.2, 0.25) is 0 Å². The van der Waals surface area contributed by atoms with Crippen LogP contribution in [0, 0.1) is 6.92 Å². The first-order valence-corrected chi connectivity index (χ1v) is 12.4. The lowest BCUT2D eigenvalue weighted by molar-refractivity contribution is 0.0950. The van der Waals surface area contributed by atoms with Crippen LogP contribution in [0.2, 0.25) is 0 Å². The summed E-state index contributed by atoms with van der Waals surface area (Å²) in [5.41, 5.74) is 5.79. The molecule has 1 saturated heterocycles. The average molecular weight is 474 g/mol. The Morgan fingerprint density at radius 1 is 1.03 bits per heavy atom. The molecule has 3 heterocycles. The van der Waals surface area contributed by atoms with Crippen LogP contribution in [0.1, 0.15) is 46.6 Å². The number of hydrogen-bond acceptors (Lipinski definition) is 5. The van der Waals surface area contributed by atoms with Gasteiger partial charge in [0, 0.05) is 61.3 Å². The van der Waals surface area contributed by atoms with Crippen LogP contribution in [0.5, 0.6) is 0 Å². The molecule has 0 spiro atoms. The number of carbonyl (C=O) groups is 1. The molecule has 184 valence electrons. The third-order valence-electron chi connectivity index (χ3n) is 6.86. The zero-order valence-electron chi connectivity index (χ0n) is 21.1. The third-order valence-corrected chi connectivity index (χ3v) is 6.86. The van der Waals surface area contributed by atoms with E-state index >= 15 is 0 Å². The Kier molecular flexibility index (Phi) is 7.66. The number of anilines is 1. The number of H-pyrrole nitrogens is 1. The van der Waals surface area contributed by atoms with Crippen LogP contribution in [-0.4, -0.2) is 54.0 Å². The van der Waals surface area contributed by atoms with Crippen LogP contribution >= 0.6 is 0 Å².